The highest BCUT2D eigenvalue weighted by atomic mass is 16.2. The largest absolute Gasteiger partial charge is 0.350 e. The van der Waals surface area contributed by atoms with Gasteiger partial charge in [-0.15, -0.1) is 0 Å². The third-order valence-corrected chi connectivity index (χ3v) is 1.64. The van der Waals surface area contributed by atoms with Crippen molar-refractivity contribution in [1.82, 2.24) is 10.9 Å². The molecule has 0 spiro atoms. The summed E-state index contributed by atoms with van der Waals surface area (Å²) in [6.07, 6.45) is 6.59. The van der Waals surface area contributed by atoms with Gasteiger partial charge in [0, 0.05) is 5.70 Å². The van der Waals surface area contributed by atoms with Crippen molar-refractivity contribution in [1.29, 1.82) is 0 Å². The maximum Gasteiger partial charge on any atom is 0.330 e. The molecule has 4 N–H and O–H groups in total. The first-order chi connectivity index (χ1) is 5.29. The van der Waals surface area contributed by atoms with Crippen molar-refractivity contribution in [2.24, 2.45) is 5.73 Å². The van der Waals surface area contributed by atoms with Gasteiger partial charge in [0.05, 0.1) is 0 Å². The van der Waals surface area contributed by atoms with Gasteiger partial charge in [-0.05, 0) is 25.7 Å². The molecule has 2 amide bonds. The van der Waals surface area contributed by atoms with Crippen molar-refractivity contribution in [2.45, 2.75) is 25.7 Å². The minimum absolute atomic E-state index is 0.545. The number of hydrazine groups is 1. The number of carbonyl (C=O) groups is 1. The summed E-state index contributed by atoms with van der Waals surface area (Å²) in [6.45, 7) is 0. The lowest BCUT2D eigenvalue weighted by Crippen LogP contribution is -2.40. The van der Waals surface area contributed by atoms with E-state index in [1.807, 2.05) is 0 Å². The van der Waals surface area contributed by atoms with E-state index in [0.29, 0.717) is 0 Å². The first kappa shape index (κ1) is 7.91. The predicted molar refractivity (Wildman–Crippen MR) is 42.4 cm³/mol. The van der Waals surface area contributed by atoms with Gasteiger partial charge in [0.1, 0.15) is 0 Å². The number of carbonyl (C=O) groups excluding carboxylic acids is 1. The summed E-state index contributed by atoms with van der Waals surface area (Å²) < 4.78 is 0. The molecule has 0 radical (unpaired) electrons. The van der Waals surface area contributed by atoms with E-state index in [-0.39, 0.29) is 0 Å². The predicted octanol–water partition coefficient (Wildman–Crippen LogP) is 0.617. The Balaban J connectivity index is 2.24. The molecule has 0 atom stereocenters. The molecule has 1 aliphatic rings. The maximum absolute atomic E-state index is 10.3. The quantitative estimate of drug-likeness (QED) is 0.512. The summed E-state index contributed by atoms with van der Waals surface area (Å²) >= 11 is 0. The highest BCUT2D eigenvalue weighted by Crippen LogP contribution is 2.13. The van der Waals surface area contributed by atoms with E-state index in [1.54, 1.807) is 0 Å². The first-order valence-corrected chi connectivity index (χ1v) is 3.79. The van der Waals surface area contributed by atoms with Crippen LogP contribution in [-0.2, 0) is 0 Å². The molecule has 4 nitrogen and oxygen atoms in total. The van der Waals surface area contributed by atoms with Crippen LogP contribution in [0.2, 0.25) is 0 Å². The molecule has 0 unspecified atom stereocenters. The summed E-state index contributed by atoms with van der Waals surface area (Å²) in [5, 5.41) is 0. The molecule has 4 heteroatoms. The lowest BCUT2D eigenvalue weighted by atomic mass is 10.1. The summed E-state index contributed by atoms with van der Waals surface area (Å²) in [4.78, 5) is 10.3. The lowest BCUT2D eigenvalue weighted by Gasteiger charge is -2.14. The zero-order valence-electron chi connectivity index (χ0n) is 6.39. The number of urea groups is 1. The van der Waals surface area contributed by atoms with Gasteiger partial charge in [0.2, 0.25) is 0 Å². The molecule has 0 aromatic heterocycles. The zero-order chi connectivity index (χ0) is 8.10. The zero-order valence-corrected chi connectivity index (χ0v) is 6.39. The maximum atomic E-state index is 10.3. The fraction of sp³-hybridized carbons (Fsp3) is 0.571. The Morgan fingerprint density at radius 2 is 2.36 bits per heavy atom. The highest BCUT2D eigenvalue weighted by Gasteiger charge is 2.02. The van der Waals surface area contributed by atoms with Gasteiger partial charge in [-0.1, -0.05) is 6.08 Å². The molecule has 0 heterocycles. The molecule has 0 saturated heterocycles. The molecule has 1 aliphatic carbocycles. The Labute approximate surface area is 65.8 Å². The molecule has 0 fully saturated rings. The number of amides is 2. The van der Waals surface area contributed by atoms with Crippen LogP contribution in [0, 0.1) is 0 Å². The van der Waals surface area contributed by atoms with E-state index in [0.717, 1.165) is 18.5 Å². The molecule has 0 aliphatic heterocycles. The van der Waals surface area contributed by atoms with Crippen LogP contribution < -0.4 is 16.6 Å². The van der Waals surface area contributed by atoms with Gasteiger partial charge >= 0.3 is 6.03 Å². The SMILES string of the molecule is NC(=O)NNC1=CCCCC1. The monoisotopic (exact) mass is 155 g/mol. The Kier molecular flexibility index (Phi) is 2.77. The number of allylic oxidation sites excluding steroid dienone is 2. The molecule has 0 aromatic carbocycles. The molecule has 62 valence electrons. The number of primary amides is 1. The molecule has 1 rings (SSSR count). The Morgan fingerprint density at radius 3 is 2.91 bits per heavy atom. The van der Waals surface area contributed by atoms with Gasteiger partial charge in [-0.3, -0.25) is 5.43 Å². The minimum Gasteiger partial charge on any atom is -0.350 e. The summed E-state index contributed by atoms with van der Waals surface area (Å²) in [7, 11) is 0. The van der Waals surface area contributed by atoms with Crippen molar-refractivity contribution in [2.75, 3.05) is 0 Å². The Morgan fingerprint density at radius 1 is 1.55 bits per heavy atom. The average molecular weight is 155 g/mol. The normalized spacial score (nSPS) is 16.9. The van der Waals surface area contributed by atoms with Crippen LogP contribution in [0.4, 0.5) is 4.79 Å². The molecular weight excluding hydrogens is 142 g/mol. The van der Waals surface area contributed by atoms with E-state index >= 15 is 0 Å². The number of hydrogen-bond acceptors (Lipinski definition) is 2. The van der Waals surface area contributed by atoms with E-state index in [4.69, 9.17) is 5.73 Å². The molecule has 11 heavy (non-hydrogen) atoms. The third kappa shape index (κ3) is 2.93. The second-order valence-corrected chi connectivity index (χ2v) is 2.59. The molecule has 0 saturated carbocycles. The van der Waals surface area contributed by atoms with Crippen molar-refractivity contribution in [3.05, 3.63) is 11.8 Å². The van der Waals surface area contributed by atoms with Gasteiger partial charge in [0.25, 0.3) is 0 Å². The number of nitrogens with one attached hydrogen (secondary N) is 2. The van der Waals surface area contributed by atoms with Crippen LogP contribution in [0.25, 0.3) is 0 Å². The van der Waals surface area contributed by atoms with Gasteiger partial charge in [-0.25, -0.2) is 4.79 Å². The third-order valence-electron chi connectivity index (χ3n) is 1.64. The Bertz CT molecular complexity index is 177. The Hall–Kier alpha value is -1.19. The second-order valence-electron chi connectivity index (χ2n) is 2.59. The number of nitrogens with two attached hydrogens (primary N) is 1. The molecular formula is C7H13N3O. The van der Waals surface area contributed by atoms with E-state index < -0.39 is 6.03 Å². The van der Waals surface area contributed by atoms with E-state index in [1.165, 1.54) is 12.8 Å². The number of rotatable bonds is 2. The fourth-order valence-electron chi connectivity index (χ4n) is 1.09. The summed E-state index contributed by atoms with van der Waals surface area (Å²) in [5.41, 5.74) is 11.0. The van der Waals surface area contributed by atoms with Gasteiger partial charge in [-0.2, -0.15) is 0 Å². The summed E-state index contributed by atoms with van der Waals surface area (Å²) in [6, 6.07) is -0.545. The molecule has 0 bridgehead atoms. The standard InChI is InChI=1S/C7H13N3O/c8-7(11)10-9-6-4-2-1-3-5-6/h4,9H,1-3,5H2,(H3,8,10,11). The smallest absolute Gasteiger partial charge is 0.330 e. The number of hydrogen-bond donors (Lipinski definition) is 3. The highest BCUT2D eigenvalue weighted by molar-refractivity contribution is 5.71. The average Bonchev–Trinajstić information content (AvgIpc) is 2.03. The van der Waals surface area contributed by atoms with Crippen LogP contribution in [-0.4, -0.2) is 6.03 Å². The van der Waals surface area contributed by atoms with Crippen LogP contribution in [0.3, 0.4) is 0 Å². The molecule has 0 aromatic rings. The van der Waals surface area contributed by atoms with Gasteiger partial charge < -0.3 is 11.2 Å². The fourth-order valence-corrected chi connectivity index (χ4v) is 1.09. The minimum atomic E-state index is -0.545. The van der Waals surface area contributed by atoms with E-state index in [9.17, 15) is 4.79 Å². The van der Waals surface area contributed by atoms with Crippen LogP contribution >= 0.6 is 0 Å². The van der Waals surface area contributed by atoms with Crippen LogP contribution in [0.1, 0.15) is 25.7 Å². The topological polar surface area (TPSA) is 67.2 Å². The lowest BCUT2D eigenvalue weighted by molar-refractivity contribution is 0.246. The van der Waals surface area contributed by atoms with E-state index in [2.05, 4.69) is 16.9 Å². The van der Waals surface area contributed by atoms with Crippen LogP contribution in [0.5, 0.6) is 0 Å². The van der Waals surface area contributed by atoms with Crippen molar-refractivity contribution in [3.8, 4) is 0 Å². The second kappa shape index (κ2) is 3.85. The summed E-state index contributed by atoms with van der Waals surface area (Å²) in [5.74, 6) is 0. The van der Waals surface area contributed by atoms with Crippen LogP contribution in [0.15, 0.2) is 11.8 Å². The van der Waals surface area contributed by atoms with Gasteiger partial charge in [0.15, 0.2) is 0 Å². The first-order valence-electron chi connectivity index (χ1n) is 3.79. The van der Waals surface area contributed by atoms with Crippen molar-refractivity contribution in [3.63, 3.8) is 0 Å². The van der Waals surface area contributed by atoms with Crippen molar-refractivity contribution >= 4 is 6.03 Å². The van der Waals surface area contributed by atoms with Crippen molar-refractivity contribution < 1.29 is 4.79 Å².